The first-order valence-corrected chi connectivity index (χ1v) is 4.83. The van der Waals surface area contributed by atoms with Crippen LogP contribution in [0, 0.1) is 0 Å². The van der Waals surface area contributed by atoms with E-state index < -0.39 is 11.9 Å². The number of carbonyl (C=O) groups excluding carboxylic acids is 1. The van der Waals surface area contributed by atoms with E-state index in [0.717, 1.165) is 12.8 Å². The highest BCUT2D eigenvalue weighted by Gasteiger charge is 2.25. The number of aliphatic carboxylic acids is 2. The lowest BCUT2D eigenvalue weighted by atomic mass is 10.4. The lowest BCUT2D eigenvalue weighted by Crippen LogP contribution is -2.05. The molecular weight excluding hydrogens is 228 g/mol. The van der Waals surface area contributed by atoms with Gasteiger partial charge in [0.05, 0.1) is 0 Å². The Kier molecular flexibility index (Phi) is 6.32. The largest absolute Gasteiger partial charge is 0.478 e. The Morgan fingerprint density at radius 2 is 1.59 bits per heavy atom. The normalized spacial score (nSPS) is 13.5. The highest BCUT2D eigenvalue weighted by molar-refractivity contribution is 5.89. The maximum Gasteiger partial charge on any atom is 0.333 e. The van der Waals surface area contributed by atoms with Gasteiger partial charge in [0.2, 0.25) is 0 Å². The zero-order valence-corrected chi connectivity index (χ0v) is 9.38. The second-order valence-corrected chi connectivity index (χ2v) is 3.39. The van der Waals surface area contributed by atoms with Gasteiger partial charge in [-0.05, 0) is 19.8 Å². The van der Waals surface area contributed by atoms with Crippen molar-refractivity contribution < 1.29 is 29.3 Å². The van der Waals surface area contributed by atoms with Crippen LogP contribution in [0.3, 0.4) is 0 Å². The molecule has 1 rings (SSSR count). The minimum absolute atomic E-state index is 0.203. The fourth-order valence-corrected chi connectivity index (χ4v) is 0.580. The summed E-state index contributed by atoms with van der Waals surface area (Å²) in [4.78, 5) is 29.8. The molecule has 0 saturated heterocycles. The van der Waals surface area contributed by atoms with Crippen molar-refractivity contribution in [3.05, 3.63) is 24.3 Å². The molecule has 0 unspecified atom stereocenters. The molecule has 0 aromatic rings. The summed E-state index contributed by atoms with van der Waals surface area (Å²) >= 11 is 0. The van der Waals surface area contributed by atoms with Gasteiger partial charge in [-0.25, -0.2) is 14.4 Å². The molecule has 17 heavy (non-hydrogen) atoms. The number of esters is 1. The van der Waals surface area contributed by atoms with E-state index in [2.05, 4.69) is 6.58 Å². The number of hydrogen-bond donors (Lipinski definition) is 2. The van der Waals surface area contributed by atoms with E-state index in [1.807, 2.05) is 0 Å². The highest BCUT2D eigenvalue weighted by atomic mass is 16.5. The van der Waals surface area contributed by atoms with Crippen LogP contribution in [0.1, 0.15) is 19.8 Å². The third-order valence-electron chi connectivity index (χ3n) is 1.52. The molecule has 0 spiro atoms. The lowest BCUT2D eigenvalue weighted by Gasteiger charge is -1.98. The first-order valence-electron chi connectivity index (χ1n) is 4.83. The lowest BCUT2D eigenvalue weighted by molar-refractivity contribution is -0.140. The zero-order chi connectivity index (χ0) is 13.4. The predicted octanol–water partition coefficient (Wildman–Crippen LogP) is 0.980. The molecule has 0 heterocycles. The molecule has 1 saturated carbocycles. The SMILES string of the molecule is C=C(C)C(=O)OC1CC1.O=C(O)/C=C\C(=O)O. The summed E-state index contributed by atoms with van der Waals surface area (Å²) in [6, 6.07) is 0. The Balaban J connectivity index is 0.000000304. The highest BCUT2D eigenvalue weighted by Crippen LogP contribution is 2.24. The average molecular weight is 242 g/mol. The van der Waals surface area contributed by atoms with Crippen LogP contribution in [0.15, 0.2) is 24.3 Å². The van der Waals surface area contributed by atoms with E-state index in [0.29, 0.717) is 17.7 Å². The Labute approximate surface area is 98.2 Å². The van der Waals surface area contributed by atoms with Crippen LogP contribution in [-0.4, -0.2) is 34.2 Å². The topological polar surface area (TPSA) is 101 Å². The van der Waals surface area contributed by atoms with Crippen molar-refractivity contribution in [1.82, 2.24) is 0 Å². The van der Waals surface area contributed by atoms with E-state index in [9.17, 15) is 14.4 Å². The van der Waals surface area contributed by atoms with Crippen LogP contribution in [0.2, 0.25) is 0 Å². The van der Waals surface area contributed by atoms with E-state index in [1.54, 1.807) is 6.92 Å². The Morgan fingerprint density at radius 1 is 1.18 bits per heavy atom. The minimum Gasteiger partial charge on any atom is -0.478 e. The van der Waals surface area contributed by atoms with Crippen LogP contribution in [0.25, 0.3) is 0 Å². The van der Waals surface area contributed by atoms with Crippen molar-refractivity contribution in [1.29, 1.82) is 0 Å². The summed E-state index contributed by atoms with van der Waals surface area (Å²) < 4.78 is 4.88. The van der Waals surface area contributed by atoms with Crippen molar-refractivity contribution in [3.63, 3.8) is 0 Å². The Bertz CT molecular complexity index is 335. The first kappa shape index (κ1) is 14.9. The fourth-order valence-electron chi connectivity index (χ4n) is 0.580. The molecule has 1 aliphatic rings. The van der Waals surface area contributed by atoms with Gasteiger partial charge in [-0.2, -0.15) is 0 Å². The Hall–Kier alpha value is -2.11. The van der Waals surface area contributed by atoms with Gasteiger partial charge >= 0.3 is 17.9 Å². The second kappa shape index (κ2) is 7.21. The van der Waals surface area contributed by atoms with Gasteiger partial charge in [0.25, 0.3) is 0 Å². The van der Waals surface area contributed by atoms with Gasteiger partial charge in [0, 0.05) is 17.7 Å². The summed E-state index contributed by atoms with van der Waals surface area (Å²) in [5.74, 6) is -2.77. The smallest absolute Gasteiger partial charge is 0.333 e. The summed E-state index contributed by atoms with van der Waals surface area (Å²) in [6.07, 6.45) is 3.37. The van der Waals surface area contributed by atoms with Gasteiger partial charge in [0.1, 0.15) is 6.10 Å². The van der Waals surface area contributed by atoms with E-state index in [4.69, 9.17) is 14.9 Å². The summed E-state index contributed by atoms with van der Waals surface area (Å²) in [7, 11) is 0. The third kappa shape index (κ3) is 10.2. The van der Waals surface area contributed by atoms with Crippen molar-refractivity contribution in [2.24, 2.45) is 0 Å². The number of carboxylic acids is 2. The molecule has 2 N–H and O–H groups in total. The number of hydrogen-bond acceptors (Lipinski definition) is 4. The van der Waals surface area contributed by atoms with Crippen LogP contribution < -0.4 is 0 Å². The number of carbonyl (C=O) groups is 3. The zero-order valence-electron chi connectivity index (χ0n) is 9.38. The Morgan fingerprint density at radius 3 is 1.82 bits per heavy atom. The summed E-state index contributed by atoms with van der Waals surface area (Å²) in [5.41, 5.74) is 0.488. The second-order valence-electron chi connectivity index (χ2n) is 3.39. The third-order valence-corrected chi connectivity index (χ3v) is 1.52. The minimum atomic E-state index is -1.26. The molecule has 6 heteroatoms. The van der Waals surface area contributed by atoms with Crippen LogP contribution >= 0.6 is 0 Å². The van der Waals surface area contributed by atoms with Crippen molar-refractivity contribution in [2.75, 3.05) is 0 Å². The molecule has 0 aromatic carbocycles. The van der Waals surface area contributed by atoms with E-state index in [-0.39, 0.29) is 12.1 Å². The molecule has 0 bridgehead atoms. The van der Waals surface area contributed by atoms with Crippen molar-refractivity contribution in [3.8, 4) is 0 Å². The maximum atomic E-state index is 10.7. The summed E-state index contributed by atoms with van der Waals surface area (Å²) in [5, 5.41) is 15.6. The monoisotopic (exact) mass is 242 g/mol. The quantitative estimate of drug-likeness (QED) is 0.563. The molecule has 1 aliphatic carbocycles. The maximum absolute atomic E-state index is 10.7. The molecule has 0 aromatic heterocycles. The van der Waals surface area contributed by atoms with Crippen LogP contribution in [0.4, 0.5) is 0 Å². The standard InChI is InChI=1S/C7H10O2.C4H4O4/c1-5(2)7(8)9-6-3-4-6;5-3(6)1-2-4(7)8/h6H,1,3-4H2,2H3;1-2H,(H,5,6)(H,7,8)/b;2-1-. The van der Waals surface area contributed by atoms with Gasteiger partial charge in [0.15, 0.2) is 0 Å². The predicted molar refractivity (Wildman–Crippen MR) is 58.3 cm³/mol. The van der Waals surface area contributed by atoms with Crippen molar-refractivity contribution in [2.45, 2.75) is 25.9 Å². The van der Waals surface area contributed by atoms with Crippen molar-refractivity contribution >= 4 is 17.9 Å². The molecule has 0 aliphatic heterocycles. The molecule has 94 valence electrons. The molecule has 6 nitrogen and oxygen atoms in total. The first-order chi connectivity index (χ1) is 7.82. The fraction of sp³-hybridized carbons (Fsp3) is 0.364. The van der Waals surface area contributed by atoms with Gasteiger partial charge < -0.3 is 14.9 Å². The molecule has 0 atom stereocenters. The summed E-state index contributed by atoms with van der Waals surface area (Å²) in [6.45, 7) is 5.12. The average Bonchev–Trinajstić information content (AvgIpc) is 2.99. The molecular formula is C11H14O6. The van der Waals surface area contributed by atoms with Crippen LogP contribution in [-0.2, 0) is 19.1 Å². The number of rotatable bonds is 4. The van der Waals surface area contributed by atoms with Crippen LogP contribution in [0.5, 0.6) is 0 Å². The van der Waals surface area contributed by atoms with Gasteiger partial charge in [-0.1, -0.05) is 6.58 Å². The van der Waals surface area contributed by atoms with Gasteiger partial charge in [-0.15, -0.1) is 0 Å². The molecule has 0 amide bonds. The van der Waals surface area contributed by atoms with Gasteiger partial charge in [-0.3, -0.25) is 0 Å². The molecule has 0 radical (unpaired) electrons. The number of carboxylic acid groups (broad SMARTS) is 2. The number of ether oxygens (including phenoxy) is 1. The van der Waals surface area contributed by atoms with E-state index in [1.165, 1.54) is 0 Å². The van der Waals surface area contributed by atoms with E-state index >= 15 is 0 Å². The molecule has 1 fully saturated rings.